The van der Waals surface area contributed by atoms with Crippen LogP contribution in [-0.2, 0) is 6.42 Å². The normalized spacial score (nSPS) is 12.2. The molecule has 1 aromatic heterocycles. The van der Waals surface area contributed by atoms with Gasteiger partial charge in [0, 0.05) is 30.1 Å². The first-order valence-corrected chi connectivity index (χ1v) is 7.89. The summed E-state index contributed by atoms with van der Waals surface area (Å²) in [5.41, 5.74) is 2.37. The zero-order valence-corrected chi connectivity index (χ0v) is 13.3. The maximum Gasteiger partial charge on any atom is 0.255 e. The predicted molar refractivity (Wildman–Crippen MR) is 92.1 cm³/mol. The summed E-state index contributed by atoms with van der Waals surface area (Å²) < 4.78 is 11.0. The van der Waals surface area contributed by atoms with Crippen molar-refractivity contribution in [2.45, 2.75) is 6.42 Å². The van der Waals surface area contributed by atoms with Crippen molar-refractivity contribution < 1.29 is 14.3 Å². The molecule has 0 unspecified atom stereocenters. The predicted octanol–water partition coefficient (Wildman–Crippen LogP) is 3.46. The van der Waals surface area contributed by atoms with E-state index >= 15 is 0 Å². The molecule has 0 fully saturated rings. The van der Waals surface area contributed by atoms with Gasteiger partial charge in [-0.25, -0.2) is 4.98 Å². The number of rotatable bonds is 4. The molecular formula is C19H15N3O3. The average Bonchev–Trinajstić information content (AvgIpc) is 3.12. The Morgan fingerprint density at radius 2 is 2.00 bits per heavy atom. The first kappa shape index (κ1) is 15.1. The number of nitrogens with one attached hydrogen (secondary N) is 1. The molecule has 0 spiro atoms. The molecule has 0 aliphatic carbocycles. The van der Waals surface area contributed by atoms with E-state index in [0.717, 1.165) is 17.7 Å². The lowest BCUT2D eigenvalue weighted by Crippen LogP contribution is -2.11. The van der Waals surface area contributed by atoms with E-state index in [1.54, 1.807) is 42.7 Å². The van der Waals surface area contributed by atoms with E-state index in [-0.39, 0.29) is 5.91 Å². The Balaban J connectivity index is 1.43. The van der Waals surface area contributed by atoms with Crippen LogP contribution in [0.1, 0.15) is 15.9 Å². The number of fused-ring (bicyclic) bond motifs is 1. The number of benzene rings is 2. The Hall–Kier alpha value is -3.41. The highest BCUT2D eigenvalue weighted by Gasteiger charge is 2.15. The second-order valence-corrected chi connectivity index (χ2v) is 5.55. The van der Waals surface area contributed by atoms with Gasteiger partial charge in [-0.2, -0.15) is 0 Å². The second kappa shape index (κ2) is 6.60. The van der Waals surface area contributed by atoms with E-state index in [1.165, 1.54) is 6.20 Å². The average molecular weight is 333 g/mol. The highest BCUT2D eigenvalue weighted by Crippen LogP contribution is 2.26. The lowest BCUT2D eigenvalue weighted by Gasteiger charge is -2.08. The summed E-state index contributed by atoms with van der Waals surface area (Å²) in [5.74, 6) is 1.74. The quantitative estimate of drug-likeness (QED) is 0.791. The van der Waals surface area contributed by atoms with Gasteiger partial charge in [0.1, 0.15) is 11.5 Å². The molecule has 1 amide bonds. The third-order valence-electron chi connectivity index (χ3n) is 3.83. The fourth-order valence-electron chi connectivity index (χ4n) is 2.60. The molecule has 0 radical (unpaired) electrons. The molecule has 0 saturated carbocycles. The summed E-state index contributed by atoms with van der Waals surface area (Å²) in [4.78, 5) is 20.4. The molecule has 2 aromatic carbocycles. The van der Waals surface area contributed by atoms with Crippen LogP contribution in [0, 0.1) is 0 Å². The topological polar surface area (TPSA) is 73.3 Å². The van der Waals surface area contributed by atoms with Crippen molar-refractivity contribution in [1.82, 2.24) is 9.97 Å². The van der Waals surface area contributed by atoms with E-state index in [1.807, 2.05) is 12.1 Å². The van der Waals surface area contributed by atoms with Crippen molar-refractivity contribution >= 4 is 11.6 Å². The van der Waals surface area contributed by atoms with Crippen LogP contribution in [0.3, 0.4) is 0 Å². The number of aromatic nitrogens is 2. The van der Waals surface area contributed by atoms with Crippen molar-refractivity contribution in [1.29, 1.82) is 0 Å². The summed E-state index contributed by atoms with van der Waals surface area (Å²) in [7, 11) is 0. The Bertz CT molecular complexity index is 896. The first-order valence-electron chi connectivity index (χ1n) is 7.89. The summed E-state index contributed by atoms with van der Waals surface area (Å²) in [5, 5.41) is 2.88. The Morgan fingerprint density at radius 1 is 1.12 bits per heavy atom. The third kappa shape index (κ3) is 3.42. The van der Waals surface area contributed by atoms with Crippen LogP contribution < -0.4 is 14.8 Å². The molecule has 1 aliphatic rings. The number of amides is 1. The fraction of sp³-hybridized carbons (Fsp3) is 0.105. The lowest BCUT2D eigenvalue weighted by atomic mass is 10.1. The van der Waals surface area contributed by atoms with Gasteiger partial charge in [-0.05, 0) is 48.0 Å². The van der Waals surface area contributed by atoms with Crippen molar-refractivity contribution in [3.8, 4) is 17.4 Å². The largest absolute Gasteiger partial charge is 0.493 e. The minimum atomic E-state index is -0.155. The molecule has 4 rings (SSSR count). The summed E-state index contributed by atoms with van der Waals surface area (Å²) in [6.45, 7) is 0.674. The smallest absolute Gasteiger partial charge is 0.255 e. The van der Waals surface area contributed by atoms with Crippen molar-refractivity contribution in [3.05, 3.63) is 72.2 Å². The molecule has 0 bridgehead atoms. The zero-order chi connectivity index (χ0) is 17.1. The molecule has 3 aromatic rings. The fourth-order valence-corrected chi connectivity index (χ4v) is 2.60. The van der Waals surface area contributed by atoms with E-state index in [2.05, 4.69) is 15.3 Å². The molecule has 6 heteroatoms. The van der Waals surface area contributed by atoms with Crippen molar-refractivity contribution in [3.63, 3.8) is 0 Å². The van der Waals surface area contributed by atoms with Gasteiger partial charge in [0.05, 0.1) is 12.8 Å². The Labute approximate surface area is 144 Å². The summed E-state index contributed by atoms with van der Waals surface area (Å²) in [6.07, 6.45) is 5.51. The number of carbonyl (C=O) groups is 1. The number of nitrogens with zero attached hydrogens (tertiary/aromatic N) is 2. The van der Waals surface area contributed by atoms with Crippen LogP contribution in [0.2, 0.25) is 0 Å². The van der Waals surface area contributed by atoms with Gasteiger partial charge < -0.3 is 14.8 Å². The van der Waals surface area contributed by atoms with E-state index in [4.69, 9.17) is 9.47 Å². The maximum absolute atomic E-state index is 12.4. The molecule has 1 aliphatic heterocycles. The second-order valence-electron chi connectivity index (χ2n) is 5.55. The van der Waals surface area contributed by atoms with Crippen LogP contribution in [0.4, 0.5) is 5.69 Å². The SMILES string of the molecule is O=C(Nc1ccc(Oc2cnccn2)cc1)c1ccc2c(c1)CCO2. The van der Waals surface area contributed by atoms with Gasteiger partial charge in [-0.15, -0.1) is 0 Å². The molecule has 1 N–H and O–H groups in total. The first-order chi connectivity index (χ1) is 12.3. The molecule has 0 saturated heterocycles. The third-order valence-corrected chi connectivity index (χ3v) is 3.83. The monoisotopic (exact) mass is 333 g/mol. The van der Waals surface area contributed by atoms with E-state index in [9.17, 15) is 4.79 Å². The van der Waals surface area contributed by atoms with Gasteiger partial charge in [0.15, 0.2) is 0 Å². The van der Waals surface area contributed by atoms with Crippen LogP contribution in [-0.4, -0.2) is 22.5 Å². The lowest BCUT2D eigenvalue weighted by molar-refractivity contribution is 0.102. The van der Waals surface area contributed by atoms with Crippen LogP contribution in [0.25, 0.3) is 0 Å². The van der Waals surface area contributed by atoms with Crippen molar-refractivity contribution in [2.24, 2.45) is 0 Å². The molecule has 2 heterocycles. The summed E-state index contributed by atoms with van der Waals surface area (Å²) >= 11 is 0. The number of anilines is 1. The Kier molecular flexibility index (Phi) is 4.00. The number of hydrogen-bond donors (Lipinski definition) is 1. The molecular weight excluding hydrogens is 318 g/mol. The number of carbonyl (C=O) groups excluding carboxylic acids is 1. The zero-order valence-electron chi connectivity index (χ0n) is 13.3. The van der Waals surface area contributed by atoms with Gasteiger partial charge >= 0.3 is 0 Å². The van der Waals surface area contributed by atoms with Crippen LogP contribution >= 0.6 is 0 Å². The minimum absolute atomic E-state index is 0.155. The number of ether oxygens (including phenoxy) is 2. The van der Waals surface area contributed by atoms with Gasteiger partial charge in [0.25, 0.3) is 5.91 Å². The van der Waals surface area contributed by atoms with Crippen molar-refractivity contribution in [2.75, 3.05) is 11.9 Å². The van der Waals surface area contributed by atoms with Gasteiger partial charge in [-0.1, -0.05) is 0 Å². The van der Waals surface area contributed by atoms with E-state index < -0.39 is 0 Å². The van der Waals surface area contributed by atoms with E-state index in [0.29, 0.717) is 29.5 Å². The molecule has 25 heavy (non-hydrogen) atoms. The highest BCUT2D eigenvalue weighted by molar-refractivity contribution is 6.04. The standard InChI is InChI=1S/C19H15N3O3/c23-19(14-1-6-17-13(11-14)7-10-24-17)22-15-2-4-16(5-3-15)25-18-12-20-8-9-21-18/h1-6,8-9,11-12H,7,10H2,(H,22,23). The highest BCUT2D eigenvalue weighted by atomic mass is 16.5. The summed E-state index contributed by atoms with van der Waals surface area (Å²) in [6, 6.07) is 12.6. The maximum atomic E-state index is 12.4. The van der Waals surface area contributed by atoms with Gasteiger partial charge in [0.2, 0.25) is 5.88 Å². The van der Waals surface area contributed by atoms with Crippen LogP contribution in [0.15, 0.2) is 61.1 Å². The minimum Gasteiger partial charge on any atom is -0.493 e. The molecule has 6 nitrogen and oxygen atoms in total. The van der Waals surface area contributed by atoms with Crippen LogP contribution in [0.5, 0.6) is 17.4 Å². The van der Waals surface area contributed by atoms with Gasteiger partial charge in [-0.3, -0.25) is 9.78 Å². The molecule has 0 atom stereocenters. The molecule has 124 valence electrons. The number of hydrogen-bond acceptors (Lipinski definition) is 5. The Morgan fingerprint density at radius 3 is 2.80 bits per heavy atom.